The van der Waals surface area contributed by atoms with Gasteiger partial charge in [-0.05, 0) is 66.7 Å². The highest BCUT2D eigenvalue weighted by Gasteiger charge is 2.22. The van der Waals surface area contributed by atoms with Gasteiger partial charge in [-0.15, -0.1) is 11.3 Å². The van der Waals surface area contributed by atoms with Gasteiger partial charge >= 0.3 is 0 Å². The van der Waals surface area contributed by atoms with Gasteiger partial charge in [-0.25, -0.2) is 0 Å². The number of nitrogens with two attached hydrogens (primary N) is 1. The van der Waals surface area contributed by atoms with E-state index in [2.05, 4.69) is 45.1 Å². The summed E-state index contributed by atoms with van der Waals surface area (Å²) in [6.45, 7) is 1.64. The molecule has 0 aliphatic rings. The Labute approximate surface area is 202 Å². The van der Waals surface area contributed by atoms with Gasteiger partial charge in [0.1, 0.15) is 7.85 Å². The van der Waals surface area contributed by atoms with Crippen LogP contribution in [0.1, 0.15) is 30.3 Å². The summed E-state index contributed by atoms with van der Waals surface area (Å²) in [6, 6.07) is 20.5. The second kappa shape index (κ2) is 9.99. The Kier molecular flexibility index (Phi) is 7.26. The molecule has 0 spiro atoms. The lowest BCUT2D eigenvalue weighted by molar-refractivity contribution is 0.115. The number of benzene rings is 3. The molecule has 0 saturated carbocycles. The number of hydrogen-bond acceptors (Lipinski definition) is 6. The molecule has 3 aromatic carbocycles. The number of aryl methyl sites for hydroxylation is 1. The molecular weight excluding hydrogens is 449 g/mol. The van der Waals surface area contributed by atoms with Crippen LogP contribution in [0.4, 0.5) is 0 Å². The van der Waals surface area contributed by atoms with E-state index in [0.717, 1.165) is 25.2 Å². The zero-order valence-electron chi connectivity index (χ0n) is 18.9. The highest BCUT2D eigenvalue weighted by Crippen LogP contribution is 2.33. The van der Waals surface area contributed by atoms with Crippen molar-refractivity contribution < 1.29 is 10.2 Å². The van der Waals surface area contributed by atoms with Gasteiger partial charge in [0.15, 0.2) is 5.43 Å². The molecule has 1 aromatic heterocycles. The average Bonchev–Trinajstić information content (AvgIpc) is 2.83. The molecule has 4 nitrogen and oxygen atoms in total. The van der Waals surface area contributed by atoms with Crippen LogP contribution in [0.15, 0.2) is 75.2 Å². The summed E-state index contributed by atoms with van der Waals surface area (Å²) in [4.78, 5) is 15.5. The van der Waals surface area contributed by atoms with Crippen molar-refractivity contribution in [1.82, 2.24) is 0 Å². The standard InChI is InChI=1S/C26H28BNO3S2/c1-16(27)18-3-2-4-19(12-18)32-20-6-7-21-24(13-20)33-23-8-5-17(11-22(23)25(21)31)9-10-26(28,14-29)15-30/h2-8,11-13,16,29-30H,9-10,14-15,27-28H2,1H3. The Bertz CT molecular complexity index is 1350. The average molecular weight is 477 g/mol. The van der Waals surface area contributed by atoms with Crippen LogP contribution in [-0.4, -0.2) is 36.8 Å². The van der Waals surface area contributed by atoms with E-state index < -0.39 is 5.54 Å². The molecule has 1 heterocycles. The number of rotatable bonds is 8. The van der Waals surface area contributed by atoms with E-state index >= 15 is 0 Å². The Morgan fingerprint density at radius 3 is 2.48 bits per heavy atom. The maximum absolute atomic E-state index is 13.2. The summed E-state index contributed by atoms with van der Waals surface area (Å²) in [7, 11) is 2.19. The first kappa shape index (κ1) is 24.0. The topological polar surface area (TPSA) is 83.6 Å². The van der Waals surface area contributed by atoms with Gasteiger partial charge in [-0.2, -0.15) is 0 Å². The van der Waals surface area contributed by atoms with Crippen molar-refractivity contribution in [3.63, 3.8) is 0 Å². The van der Waals surface area contributed by atoms with Crippen molar-refractivity contribution in [1.29, 1.82) is 0 Å². The molecule has 4 aromatic rings. The molecule has 0 fully saturated rings. The first-order chi connectivity index (χ1) is 15.8. The predicted octanol–water partition coefficient (Wildman–Crippen LogP) is 3.87. The third kappa shape index (κ3) is 5.34. The zero-order valence-corrected chi connectivity index (χ0v) is 20.5. The molecule has 4 rings (SSSR count). The first-order valence-corrected chi connectivity index (χ1v) is 12.7. The quantitative estimate of drug-likeness (QED) is 0.265. The SMILES string of the molecule is BC(C)c1cccc(Sc2ccc3c(=O)c4cc(CCC(N)(CO)CO)ccc4sc3c2)c1. The van der Waals surface area contributed by atoms with E-state index in [1.54, 1.807) is 23.1 Å². The number of fused-ring (bicyclic) bond motifs is 2. The van der Waals surface area contributed by atoms with Gasteiger partial charge in [0.2, 0.25) is 0 Å². The molecule has 0 aliphatic heterocycles. The van der Waals surface area contributed by atoms with Crippen LogP contribution >= 0.6 is 23.1 Å². The van der Waals surface area contributed by atoms with Crippen LogP contribution in [0, 0.1) is 0 Å². The molecule has 1 atom stereocenters. The lowest BCUT2D eigenvalue weighted by Crippen LogP contribution is -2.47. The maximum atomic E-state index is 13.2. The Morgan fingerprint density at radius 2 is 1.76 bits per heavy atom. The van der Waals surface area contributed by atoms with Crippen LogP contribution in [0.2, 0.25) is 0 Å². The van der Waals surface area contributed by atoms with Crippen LogP contribution < -0.4 is 11.2 Å². The second-order valence-electron chi connectivity index (χ2n) is 8.93. The van der Waals surface area contributed by atoms with Crippen LogP contribution in [-0.2, 0) is 6.42 Å². The molecule has 0 aliphatic carbocycles. The van der Waals surface area contributed by atoms with E-state index in [9.17, 15) is 15.0 Å². The van der Waals surface area contributed by atoms with Crippen LogP contribution in [0.25, 0.3) is 20.2 Å². The van der Waals surface area contributed by atoms with E-state index in [1.165, 1.54) is 10.5 Å². The summed E-state index contributed by atoms with van der Waals surface area (Å²) < 4.78 is 1.93. The van der Waals surface area contributed by atoms with Crippen molar-refractivity contribution in [2.24, 2.45) is 5.73 Å². The number of hydrogen-bond donors (Lipinski definition) is 3. The normalized spacial score (nSPS) is 13.0. The summed E-state index contributed by atoms with van der Waals surface area (Å²) in [5.74, 6) is 0.484. The smallest absolute Gasteiger partial charge is 0.195 e. The highest BCUT2D eigenvalue weighted by molar-refractivity contribution is 7.99. The van der Waals surface area contributed by atoms with Crippen LogP contribution in [0.3, 0.4) is 0 Å². The molecule has 170 valence electrons. The molecule has 0 amide bonds. The van der Waals surface area contributed by atoms with Gasteiger partial charge in [-0.1, -0.05) is 42.4 Å². The van der Waals surface area contributed by atoms with Gasteiger partial charge in [-0.3, -0.25) is 4.79 Å². The molecule has 0 bridgehead atoms. The van der Waals surface area contributed by atoms with Gasteiger partial charge in [0.05, 0.1) is 18.8 Å². The third-order valence-electron chi connectivity index (χ3n) is 6.01. The highest BCUT2D eigenvalue weighted by atomic mass is 32.2. The Morgan fingerprint density at radius 1 is 1.00 bits per heavy atom. The lowest BCUT2D eigenvalue weighted by Gasteiger charge is -2.24. The molecular formula is C26H28BNO3S2. The minimum atomic E-state index is -1.01. The van der Waals surface area contributed by atoms with Crippen LogP contribution in [0.5, 0.6) is 0 Å². The number of aliphatic hydroxyl groups is 2. The van der Waals surface area contributed by atoms with E-state index in [1.807, 2.05) is 30.3 Å². The van der Waals surface area contributed by atoms with Gasteiger partial charge in [0.25, 0.3) is 0 Å². The molecule has 33 heavy (non-hydrogen) atoms. The Balaban J connectivity index is 1.64. The summed E-state index contributed by atoms with van der Waals surface area (Å²) in [5, 5.41) is 20.3. The fourth-order valence-corrected chi connectivity index (χ4v) is 5.87. The molecule has 0 radical (unpaired) electrons. The summed E-state index contributed by atoms with van der Waals surface area (Å²) in [6.07, 6.45) is 1.02. The lowest BCUT2D eigenvalue weighted by atomic mass is 9.83. The molecule has 1 unspecified atom stereocenters. The van der Waals surface area contributed by atoms with E-state index in [-0.39, 0.29) is 18.6 Å². The van der Waals surface area contributed by atoms with Crippen molar-refractivity contribution in [2.75, 3.05) is 13.2 Å². The first-order valence-electron chi connectivity index (χ1n) is 11.1. The van der Waals surface area contributed by atoms with Crippen molar-refractivity contribution in [3.8, 4) is 0 Å². The minimum Gasteiger partial charge on any atom is -0.394 e. The third-order valence-corrected chi connectivity index (χ3v) is 8.12. The van der Waals surface area contributed by atoms with Gasteiger partial charge < -0.3 is 15.9 Å². The van der Waals surface area contributed by atoms with E-state index in [0.29, 0.717) is 24.0 Å². The van der Waals surface area contributed by atoms with Crippen molar-refractivity contribution in [3.05, 3.63) is 82.0 Å². The van der Waals surface area contributed by atoms with Gasteiger partial charge in [0, 0.05) is 30.0 Å². The van der Waals surface area contributed by atoms with Crippen molar-refractivity contribution in [2.45, 2.75) is 40.9 Å². The summed E-state index contributed by atoms with van der Waals surface area (Å²) >= 11 is 3.33. The van der Waals surface area contributed by atoms with E-state index in [4.69, 9.17) is 5.73 Å². The fraction of sp³-hybridized carbons (Fsp3) is 0.269. The van der Waals surface area contributed by atoms with Crippen molar-refractivity contribution >= 4 is 51.1 Å². The maximum Gasteiger partial charge on any atom is 0.195 e. The Hall–Kier alpha value is -2.16. The molecule has 4 N–H and O–H groups in total. The monoisotopic (exact) mass is 477 g/mol. The second-order valence-corrected chi connectivity index (χ2v) is 11.2. The zero-order chi connectivity index (χ0) is 23.6. The minimum absolute atomic E-state index is 0.0299. The summed E-state index contributed by atoms with van der Waals surface area (Å²) in [5.41, 5.74) is 7.30. The number of aliphatic hydroxyl groups excluding tert-OH is 2. The molecule has 0 saturated heterocycles. The molecule has 7 heteroatoms. The largest absolute Gasteiger partial charge is 0.394 e. The predicted molar refractivity (Wildman–Crippen MR) is 143 cm³/mol. The fourth-order valence-electron chi connectivity index (χ4n) is 3.78.